The van der Waals surface area contributed by atoms with Gasteiger partial charge in [0, 0.05) is 43.6 Å². The zero-order valence-corrected chi connectivity index (χ0v) is 21.7. The number of hydrogen-bond donors (Lipinski definition) is 1. The van der Waals surface area contributed by atoms with E-state index >= 15 is 0 Å². The Morgan fingerprint density at radius 3 is 2.86 bits per heavy atom. The average Bonchev–Trinajstić information content (AvgIpc) is 3.43. The fourth-order valence-corrected chi connectivity index (χ4v) is 6.38. The van der Waals surface area contributed by atoms with Crippen molar-refractivity contribution in [3.05, 3.63) is 28.3 Å². The van der Waals surface area contributed by atoms with Gasteiger partial charge in [-0.25, -0.2) is 19.6 Å². The average molecular weight is 515 g/mol. The summed E-state index contributed by atoms with van der Waals surface area (Å²) in [4.78, 5) is 41.4. The van der Waals surface area contributed by atoms with Crippen LogP contribution >= 0.6 is 23.5 Å². The quantitative estimate of drug-likeness (QED) is 0.358. The molecule has 5 heterocycles. The van der Waals surface area contributed by atoms with E-state index in [1.165, 1.54) is 37.1 Å². The van der Waals surface area contributed by atoms with Crippen LogP contribution in [-0.4, -0.2) is 66.3 Å². The van der Waals surface area contributed by atoms with Gasteiger partial charge in [0.15, 0.2) is 16.0 Å². The second-order valence-electron chi connectivity index (χ2n) is 8.82. The number of carbonyl (C=O) groups is 1. The number of aryl methyl sites for hydroxylation is 1. The van der Waals surface area contributed by atoms with Crippen LogP contribution < -0.4 is 15.8 Å². The predicted molar refractivity (Wildman–Crippen MR) is 138 cm³/mol. The lowest BCUT2D eigenvalue weighted by molar-refractivity contribution is -0.121. The molecule has 0 aliphatic carbocycles. The first-order valence-electron chi connectivity index (χ1n) is 12.1. The molecule has 1 unspecified atom stereocenters. The second kappa shape index (κ2) is 10.6. The molecule has 2 aliphatic rings. The van der Waals surface area contributed by atoms with Crippen LogP contribution in [0.3, 0.4) is 0 Å². The molecule has 1 N–H and O–H groups in total. The van der Waals surface area contributed by atoms with Crippen LogP contribution in [0, 0.1) is 6.92 Å². The molecule has 1 atom stereocenters. The van der Waals surface area contributed by atoms with E-state index in [4.69, 9.17) is 9.97 Å². The van der Waals surface area contributed by atoms with Crippen molar-refractivity contribution < 1.29 is 4.79 Å². The van der Waals surface area contributed by atoms with Crippen LogP contribution in [0.5, 0.6) is 0 Å². The van der Waals surface area contributed by atoms with Gasteiger partial charge in [-0.15, -0.1) is 0 Å². The van der Waals surface area contributed by atoms with Gasteiger partial charge in [-0.05, 0) is 31.9 Å². The highest BCUT2D eigenvalue weighted by atomic mass is 32.2. The predicted octanol–water partition coefficient (Wildman–Crippen LogP) is 2.65. The molecule has 2 aliphatic heterocycles. The lowest BCUT2D eigenvalue weighted by atomic mass is 10.1. The maximum absolute atomic E-state index is 12.7. The summed E-state index contributed by atoms with van der Waals surface area (Å²) < 4.78 is 3.49. The topological polar surface area (TPSA) is 111 Å². The first-order valence-corrected chi connectivity index (χ1v) is 14.1. The summed E-state index contributed by atoms with van der Waals surface area (Å²) in [6.07, 6.45) is 5.70. The highest BCUT2D eigenvalue weighted by molar-refractivity contribution is 7.99. The van der Waals surface area contributed by atoms with E-state index < -0.39 is 0 Å². The molecule has 35 heavy (non-hydrogen) atoms. The number of anilines is 1. The van der Waals surface area contributed by atoms with Crippen molar-refractivity contribution in [1.29, 1.82) is 0 Å². The Kier molecular flexibility index (Phi) is 7.28. The molecule has 0 spiro atoms. The molecule has 1 fully saturated rings. The van der Waals surface area contributed by atoms with Gasteiger partial charge in [0.1, 0.15) is 5.82 Å². The molecule has 1 saturated heterocycles. The van der Waals surface area contributed by atoms with Crippen LogP contribution in [0.15, 0.2) is 27.4 Å². The van der Waals surface area contributed by atoms with E-state index in [2.05, 4.69) is 27.2 Å². The Bertz CT molecular complexity index is 1280. The summed E-state index contributed by atoms with van der Waals surface area (Å²) in [6, 6.07) is 1.35. The Hall–Kier alpha value is -2.60. The Balaban J connectivity index is 1.26. The molecule has 0 aromatic carbocycles. The van der Waals surface area contributed by atoms with Gasteiger partial charge in [-0.1, -0.05) is 30.4 Å². The molecule has 3 aromatic rings. The van der Waals surface area contributed by atoms with Gasteiger partial charge in [0.25, 0.3) is 5.56 Å². The zero-order chi connectivity index (χ0) is 24.4. The van der Waals surface area contributed by atoms with E-state index in [9.17, 15) is 9.59 Å². The van der Waals surface area contributed by atoms with Gasteiger partial charge >= 0.3 is 0 Å². The Labute approximate surface area is 212 Å². The minimum atomic E-state index is -0.172. The van der Waals surface area contributed by atoms with Crippen LogP contribution in [0.2, 0.25) is 0 Å². The molecule has 12 heteroatoms. The summed E-state index contributed by atoms with van der Waals surface area (Å²) in [5, 5.41) is 9.98. The van der Waals surface area contributed by atoms with Crippen LogP contribution in [0.25, 0.3) is 11.0 Å². The van der Waals surface area contributed by atoms with E-state index in [0.717, 1.165) is 40.9 Å². The van der Waals surface area contributed by atoms with Gasteiger partial charge in [-0.3, -0.25) is 14.2 Å². The van der Waals surface area contributed by atoms with Crippen molar-refractivity contribution in [2.45, 2.75) is 62.4 Å². The third kappa shape index (κ3) is 5.18. The molecule has 186 valence electrons. The van der Waals surface area contributed by atoms with Crippen molar-refractivity contribution in [2.75, 3.05) is 36.0 Å². The fourth-order valence-electron chi connectivity index (χ4n) is 4.63. The SMILES string of the molecule is CCSc1nc(N2CCCCC2)c2cnn(CCNC(=O)CC3CSc4nc(C)cc(=O)n43)c2n1. The van der Waals surface area contributed by atoms with Gasteiger partial charge in [-0.2, -0.15) is 5.10 Å². The molecule has 0 radical (unpaired) electrons. The van der Waals surface area contributed by atoms with E-state index in [1.54, 1.807) is 16.3 Å². The van der Waals surface area contributed by atoms with Gasteiger partial charge < -0.3 is 10.2 Å². The van der Waals surface area contributed by atoms with E-state index in [-0.39, 0.29) is 23.9 Å². The fraction of sp³-hybridized carbons (Fsp3) is 0.565. The highest BCUT2D eigenvalue weighted by Gasteiger charge is 2.27. The number of piperidine rings is 1. The molecule has 10 nitrogen and oxygen atoms in total. The van der Waals surface area contributed by atoms with Crippen molar-refractivity contribution in [3.8, 4) is 0 Å². The summed E-state index contributed by atoms with van der Waals surface area (Å²) >= 11 is 3.15. The number of hydrogen-bond acceptors (Lipinski definition) is 9. The minimum absolute atomic E-state index is 0.0850. The normalized spacial score (nSPS) is 17.7. The number of rotatable bonds is 8. The standard InChI is InChI=1S/C23H30N8O2S2/c1-3-34-22-27-20(29-8-5-4-6-9-29)17-13-25-30(21(17)28-22)10-7-24-18(32)12-16-14-35-23-26-15(2)11-19(33)31(16)23/h11,13,16H,3-10,12,14H2,1-2H3,(H,24,32). The maximum atomic E-state index is 12.7. The minimum Gasteiger partial charge on any atom is -0.356 e. The van der Waals surface area contributed by atoms with Crippen molar-refractivity contribution in [3.63, 3.8) is 0 Å². The van der Waals surface area contributed by atoms with Gasteiger partial charge in [0.2, 0.25) is 5.91 Å². The maximum Gasteiger partial charge on any atom is 0.254 e. The van der Waals surface area contributed by atoms with Crippen LogP contribution in [-0.2, 0) is 11.3 Å². The Morgan fingerprint density at radius 2 is 2.06 bits per heavy atom. The highest BCUT2D eigenvalue weighted by Crippen LogP contribution is 2.32. The first-order chi connectivity index (χ1) is 17.0. The van der Waals surface area contributed by atoms with E-state index in [0.29, 0.717) is 29.7 Å². The summed E-state index contributed by atoms with van der Waals surface area (Å²) in [5.74, 6) is 2.46. The summed E-state index contributed by atoms with van der Waals surface area (Å²) in [6.45, 7) is 6.86. The third-order valence-corrected chi connectivity index (χ3v) is 8.10. The van der Waals surface area contributed by atoms with E-state index in [1.807, 2.05) is 17.8 Å². The van der Waals surface area contributed by atoms with Crippen molar-refractivity contribution >= 4 is 46.3 Å². The van der Waals surface area contributed by atoms with Crippen LogP contribution in [0.4, 0.5) is 5.82 Å². The Morgan fingerprint density at radius 1 is 1.23 bits per heavy atom. The lowest BCUT2D eigenvalue weighted by Crippen LogP contribution is -2.32. The third-order valence-electron chi connectivity index (χ3n) is 6.27. The number of amides is 1. The van der Waals surface area contributed by atoms with Crippen molar-refractivity contribution in [2.24, 2.45) is 0 Å². The smallest absolute Gasteiger partial charge is 0.254 e. The number of aromatic nitrogens is 6. The van der Waals surface area contributed by atoms with Crippen LogP contribution in [0.1, 0.15) is 44.3 Å². The van der Waals surface area contributed by atoms with Crippen molar-refractivity contribution in [1.82, 2.24) is 34.6 Å². The number of nitrogens with one attached hydrogen (secondary N) is 1. The molecular formula is C23H30N8O2S2. The number of fused-ring (bicyclic) bond motifs is 2. The zero-order valence-electron chi connectivity index (χ0n) is 20.1. The molecule has 0 saturated carbocycles. The summed E-state index contributed by atoms with van der Waals surface area (Å²) in [7, 11) is 0. The molecule has 3 aromatic heterocycles. The second-order valence-corrected chi connectivity index (χ2v) is 11.0. The number of carbonyl (C=O) groups excluding carboxylic acids is 1. The molecular weight excluding hydrogens is 484 g/mol. The lowest BCUT2D eigenvalue weighted by Gasteiger charge is -2.28. The molecule has 5 rings (SSSR count). The molecule has 1 amide bonds. The largest absolute Gasteiger partial charge is 0.356 e. The first kappa shape index (κ1) is 24.1. The monoisotopic (exact) mass is 514 g/mol. The molecule has 0 bridgehead atoms. The number of thioether (sulfide) groups is 2. The number of nitrogens with zero attached hydrogens (tertiary/aromatic N) is 7. The van der Waals surface area contributed by atoms with Gasteiger partial charge in [0.05, 0.1) is 24.2 Å². The summed E-state index contributed by atoms with van der Waals surface area (Å²) in [5.41, 5.74) is 1.42.